The minimum Gasteiger partial charge on any atom is -0.316 e. The van der Waals surface area contributed by atoms with Gasteiger partial charge in [-0.15, -0.1) is 0 Å². The van der Waals surface area contributed by atoms with Gasteiger partial charge in [0.15, 0.2) is 0 Å². The summed E-state index contributed by atoms with van der Waals surface area (Å²) in [6.45, 7) is 4.58. The lowest BCUT2D eigenvalue weighted by Gasteiger charge is -2.39. The molecule has 1 N–H and O–H groups in total. The van der Waals surface area contributed by atoms with Crippen LogP contribution in [-0.4, -0.2) is 19.0 Å². The molecule has 0 amide bonds. The number of rotatable bonds is 2. The zero-order valence-corrected chi connectivity index (χ0v) is 8.76. The van der Waals surface area contributed by atoms with E-state index in [0.717, 1.165) is 12.8 Å². The summed E-state index contributed by atoms with van der Waals surface area (Å²) in [6, 6.07) is 0.449. The summed E-state index contributed by atoms with van der Waals surface area (Å²) in [4.78, 5) is 10.3. The fraction of sp³-hybridized carbons (Fsp3) is 0.818. The number of hydrogen-bond acceptors (Lipinski definition) is 2. The molecule has 0 aromatic rings. The molecular weight excluding hydrogens is 162 g/mol. The van der Waals surface area contributed by atoms with E-state index in [0.29, 0.717) is 17.4 Å². The first kappa shape index (κ1) is 10.5. The summed E-state index contributed by atoms with van der Waals surface area (Å²) >= 11 is 0. The number of carbonyl (C=O) groups excluding carboxylic acids is 1. The maximum Gasteiger partial charge on any atom is 0.120 e. The van der Waals surface area contributed by atoms with Gasteiger partial charge in [-0.1, -0.05) is 13.8 Å². The van der Waals surface area contributed by atoms with Gasteiger partial charge in [0, 0.05) is 18.0 Å². The van der Waals surface area contributed by atoms with Gasteiger partial charge in [0.05, 0.1) is 0 Å². The first-order valence-corrected chi connectivity index (χ1v) is 4.97. The Kier molecular flexibility index (Phi) is 3.29. The molecule has 0 heterocycles. The third-order valence-electron chi connectivity index (χ3n) is 3.10. The number of nitrogens with one attached hydrogen (secondary N) is 1. The smallest absolute Gasteiger partial charge is 0.120 e. The lowest BCUT2D eigenvalue weighted by molar-refractivity contribution is 0.170. The molecule has 13 heavy (non-hydrogen) atoms. The molecule has 0 aromatic heterocycles. The van der Waals surface area contributed by atoms with Crippen molar-refractivity contribution >= 4 is 5.94 Å². The van der Waals surface area contributed by atoms with Gasteiger partial charge in [0.2, 0.25) is 0 Å². The van der Waals surface area contributed by atoms with Gasteiger partial charge in [-0.25, -0.2) is 4.79 Å². The molecule has 1 aliphatic carbocycles. The van der Waals surface area contributed by atoms with Gasteiger partial charge < -0.3 is 5.32 Å². The summed E-state index contributed by atoms with van der Waals surface area (Å²) in [6.07, 6.45) is 5.13. The van der Waals surface area contributed by atoms with Crippen molar-refractivity contribution in [1.82, 2.24) is 5.32 Å². The van der Waals surface area contributed by atoms with E-state index in [1.807, 2.05) is 13.0 Å². The van der Waals surface area contributed by atoms with E-state index in [1.165, 1.54) is 6.42 Å². The molecule has 0 radical (unpaired) electrons. The van der Waals surface area contributed by atoms with Crippen molar-refractivity contribution in [2.75, 3.05) is 7.05 Å². The highest BCUT2D eigenvalue weighted by molar-refractivity contribution is 5.46. The van der Waals surface area contributed by atoms with Crippen LogP contribution in [0.15, 0.2) is 6.08 Å². The third-order valence-corrected chi connectivity index (χ3v) is 3.10. The summed E-state index contributed by atoms with van der Waals surface area (Å²) in [5.74, 6) is 2.30. The SMILES string of the molecule is CNC1CC(C)(C)CCC1C=C=O. The summed E-state index contributed by atoms with van der Waals surface area (Å²) in [5.41, 5.74) is 0.418. The van der Waals surface area contributed by atoms with Crippen LogP contribution in [0.25, 0.3) is 0 Å². The van der Waals surface area contributed by atoms with Gasteiger partial charge in [-0.2, -0.15) is 0 Å². The van der Waals surface area contributed by atoms with Crippen LogP contribution in [0.1, 0.15) is 33.1 Å². The van der Waals surface area contributed by atoms with Crippen LogP contribution in [0, 0.1) is 11.3 Å². The molecule has 2 nitrogen and oxygen atoms in total. The Morgan fingerprint density at radius 1 is 1.54 bits per heavy atom. The third kappa shape index (κ3) is 2.68. The fourth-order valence-electron chi connectivity index (χ4n) is 2.21. The van der Waals surface area contributed by atoms with Crippen LogP contribution in [0.3, 0.4) is 0 Å². The second-order valence-corrected chi connectivity index (χ2v) is 4.75. The van der Waals surface area contributed by atoms with E-state index in [-0.39, 0.29) is 0 Å². The quantitative estimate of drug-likeness (QED) is 0.658. The second kappa shape index (κ2) is 4.08. The molecular formula is C11H19NO. The van der Waals surface area contributed by atoms with Crippen molar-refractivity contribution in [2.45, 2.75) is 39.2 Å². The Bertz CT molecular complexity index is 216. The van der Waals surface area contributed by atoms with Crippen LogP contribution < -0.4 is 5.32 Å². The predicted octanol–water partition coefficient (Wildman–Crippen LogP) is 1.79. The number of hydrogen-bond donors (Lipinski definition) is 1. The van der Waals surface area contributed by atoms with Crippen LogP contribution in [0.5, 0.6) is 0 Å². The molecule has 0 aromatic carbocycles. The normalized spacial score (nSPS) is 32.2. The highest BCUT2D eigenvalue weighted by Crippen LogP contribution is 2.38. The Labute approximate surface area is 80.4 Å². The maximum absolute atomic E-state index is 10.3. The van der Waals surface area contributed by atoms with Gasteiger partial charge in [-0.3, -0.25) is 0 Å². The maximum atomic E-state index is 10.3. The van der Waals surface area contributed by atoms with E-state index >= 15 is 0 Å². The lowest BCUT2D eigenvalue weighted by atomic mass is 9.70. The van der Waals surface area contributed by atoms with Crippen LogP contribution in [0.4, 0.5) is 0 Å². The standard InChI is InChI=1S/C11H19NO/c1-11(2)6-4-9(5-7-13)10(8-11)12-3/h5,9-10,12H,4,6,8H2,1-3H3. The van der Waals surface area contributed by atoms with E-state index in [9.17, 15) is 4.79 Å². The van der Waals surface area contributed by atoms with Crippen molar-refractivity contribution in [3.8, 4) is 0 Å². The topological polar surface area (TPSA) is 29.1 Å². The Hall–Kier alpha value is -0.590. The van der Waals surface area contributed by atoms with Crippen molar-refractivity contribution < 1.29 is 4.79 Å². The van der Waals surface area contributed by atoms with Crippen LogP contribution in [-0.2, 0) is 4.79 Å². The average Bonchev–Trinajstić information content (AvgIpc) is 2.08. The van der Waals surface area contributed by atoms with E-state index in [2.05, 4.69) is 19.2 Å². The first-order valence-electron chi connectivity index (χ1n) is 4.97. The Morgan fingerprint density at radius 2 is 2.23 bits per heavy atom. The molecule has 1 fully saturated rings. The Balaban J connectivity index is 2.65. The molecule has 2 unspecified atom stereocenters. The van der Waals surface area contributed by atoms with Crippen LogP contribution in [0.2, 0.25) is 0 Å². The molecule has 2 atom stereocenters. The molecule has 0 saturated heterocycles. The van der Waals surface area contributed by atoms with Crippen LogP contribution >= 0.6 is 0 Å². The minimum absolute atomic E-state index is 0.385. The zero-order chi connectivity index (χ0) is 9.90. The monoisotopic (exact) mass is 181 g/mol. The van der Waals surface area contributed by atoms with Gasteiger partial charge in [0.25, 0.3) is 0 Å². The molecule has 2 heteroatoms. The van der Waals surface area contributed by atoms with Gasteiger partial charge in [0.1, 0.15) is 5.94 Å². The van der Waals surface area contributed by atoms with E-state index < -0.39 is 0 Å². The molecule has 74 valence electrons. The van der Waals surface area contributed by atoms with Gasteiger partial charge in [-0.05, 0) is 31.7 Å². The zero-order valence-electron chi connectivity index (χ0n) is 8.76. The van der Waals surface area contributed by atoms with E-state index in [1.54, 1.807) is 6.08 Å². The molecule has 1 saturated carbocycles. The lowest BCUT2D eigenvalue weighted by Crippen LogP contribution is -2.41. The van der Waals surface area contributed by atoms with Crippen molar-refractivity contribution in [3.63, 3.8) is 0 Å². The molecule has 1 aliphatic rings. The predicted molar refractivity (Wildman–Crippen MR) is 54.2 cm³/mol. The average molecular weight is 181 g/mol. The van der Waals surface area contributed by atoms with Crippen molar-refractivity contribution in [1.29, 1.82) is 0 Å². The van der Waals surface area contributed by atoms with Gasteiger partial charge >= 0.3 is 0 Å². The molecule has 0 bridgehead atoms. The Morgan fingerprint density at radius 3 is 2.77 bits per heavy atom. The minimum atomic E-state index is 0.385. The van der Waals surface area contributed by atoms with Crippen molar-refractivity contribution in [3.05, 3.63) is 6.08 Å². The highest BCUT2D eigenvalue weighted by Gasteiger charge is 2.32. The highest BCUT2D eigenvalue weighted by atomic mass is 16.1. The van der Waals surface area contributed by atoms with E-state index in [4.69, 9.17) is 0 Å². The first-order chi connectivity index (χ1) is 6.09. The molecule has 0 aliphatic heterocycles. The molecule has 0 spiro atoms. The van der Waals surface area contributed by atoms with Crippen molar-refractivity contribution in [2.24, 2.45) is 11.3 Å². The second-order valence-electron chi connectivity index (χ2n) is 4.75. The summed E-state index contributed by atoms with van der Waals surface area (Å²) < 4.78 is 0. The largest absolute Gasteiger partial charge is 0.316 e. The summed E-state index contributed by atoms with van der Waals surface area (Å²) in [5, 5.41) is 3.28. The summed E-state index contributed by atoms with van der Waals surface area (Å²) in [7, 11) is 1.97. The fourth-order valence-corrected chi connectivity index (χ4v) is 2.21. The molecule has 1 rings (SSSR count).